The van der Waals surface area contributed by atoms with Crippen LogP contribution in [0, 0.1) is 16.0 Å². The van der Waals surface area contributed by atoms with Crippen molar-refractivity contribution >= 4 is 23.0 Å². The summed E-state index contributed by atoms with van der Waals surface area (Å²) in [7, 11) is 0. The Labute approximate surface area is 109 Å². The monoisotopic (exact) mass is 263 g/mol. The van der Waals surface area contributed by atoms with Crippen LogP contribution in [0.4, 0.5) is 5.69 Å². The molecule has 0 heterocycles. The Kier molecular flexibility index (Phi) is 4.63. The van der Waals surface area contributed by atoms with E-state index in [1.54, 1.807) is 0 Å². The number of para-hydroxylation sites is 1. The molecule has 1 aromatic rings. The van der Waals surface area contributed by atoms with Gasteiger partial charge >= 0.3 is 0 Å². The fraction of sp³-hybridized carbons (Fsp3) is 0.308. The predicted molar refractivity (Wildman–Crippen MR) is 66.9 cm³/mol. The van der Waals surface area contributed by atoms with E-state index in [1.807, 2.05) is 0 Å². The number of nitro groups is 1. The van der Waals surface area contributed by atoms with Crippen LogP contribution in [-0.2, 0) is 9.59 Å². The smallest absolute Gasteiger partial charge is 0.280 e. The maximum absolute atomic E-state index is 12.0. The van der Waals surface area contributed by atoms with Gasteiger partial charge in [-0.1, -0.05) is 12.1 Å². The number of hydrogen-bond donors (Lipinski definition) is 0. The Balaban J connectivity index is 3.05. The SMILES string of the molecule is CC(=O)C(CC(=O)c1ccccc1[N+](=O)[O-])C(C)=O. The molecular weight excluding hydrogens is 250 g/mol. The van der Waals surface area contributed by atoms with E-state index in [0.29, 0.717) is 0 Å². The number of ketones is 3. The fourth-order valence-corrected chi connectivity index (χ4v) is 1.74. The summed E-state index contributed by atoms with van der Waals surface area (Å²) in [6.45, 7) is 2.44. The van der Waals surface area contributed by atoms with Gasteiger partial charge in [-0.3, -0.25) is 24.5 Å². The average Bonchev–Trinajstić information content (AvgIpc) is 2.34. The third-order valence-electron chi connectivity index (χ3n) is 2.77. The minimum Gasteiger partial charge on any atom is -0.299 e. The van der Waals surface area contributed by atoms with Crippen molar-refractivity contribution in [1.29, 1.82) is 0 Å². The Bertz CT molecular complexity index is 536. The Morgan fingerprint density at radius 2 is 1.68 bits per heavy atom. The lowest BCUT2D eigenvalue weighted by molar-refractivity contribution is -0.385. The Hall–Kier alpha value is -2.37. The highest BCUT2D eigenvalue weighted by molar-refractivity contribution is 6.08. The van der Waals surface area contributed by atoms with Gasteiger partial charge in [0.05, 0.1) is 16.4 Å². The number of Topliss-reactive ketones (excluding diaryl/α,β-unsaturated/α-hetero) is 3. The molecule has 0 amide bonds. The lowest BCUT2D eigenvalue weighted by Crippen LogP contribution is -2.23. The summed E-state index contributed by atoms with van der Waals surface area (Å²) in [6.07, 6.45) is -0.338. The lowest BCUT2D eigenvalue weighted by atomic mass is 9.92. The highest BCUT2D eigenvalue weighted by atomic mass is 16.6. The summed E-state index contributed by atoms with van der Waals surface area (Å²) in [4.78, 5) is 44.6. The molecule has 0 fully saturated rings. The van der Waals surface area contributed by atoms with Gasteiger partial charge in [-0.15, -0.1) is 0 Å². The van der Waals surface area contributed by atoms with Crippen LogP contribution < -0.4 is 0 Å². The molecule has 0 aliphatic rings. The quantitative estimate of drug-likeness (QED) is 0.338. The van der Waals surface area contributed by atoms with Crippen molar-refractivity contribution < 1.29 is 19.3 Å². The van der Waals surface area contributed by atoms with E-state index in [-0.39, 0.29) is 17.7 Å². The number of carbonyl (C=O) groups is 3. The molecule has 0 bridgehead atoms. The van der Waals surface area contributed by atoms with Crippen molar-refractivity contribution in [2.75, 3.05) is 0 Å². The normalized spacial score (nSPS) is 10.3. The Morgan fingerprint density at radius 3 is 2.16 bits per heavy atom. The highest BCUT2D eigenvalue weighted by Gasteiger charge is 2.27. The zero-order valence-corrected chi connectivity index (χ0v) is 10.6. The van der Waals surface area contributed by atoms with Crippen LogP contribution in [0.1, 0.15) is 30.6 Å². The summed E-state index contributed by atoms with van der Waals surface area (Å²) in [5.41, 5.74) is -0.404. The Morgan fingerprint density at radius 1 is 1.16 bits per heavy atom. The summed E-state index contributed by atoms with van der Waals surface area (Å²) in [6, 6.07) is 5.47. The number of nitrogens with zero attached hydrogens (tertiary/aromatic N) is 1. The first-order chi connectivity index (χ1) is 8.84. The fourth-order valence-electron chi connectivity index (χ4n) is 1.74. The van der Waals surface area contributed by atoms with Crippen molar-refractivity contribution in [2.24, 2.45) is 5.92 Å². The molecule has 0 saturated carbocycles. The zero-order chi connectivity index (χ0) is 14.6. The molecule has 0 spiro atoms. The van der Waals surface area contributed by atoms with Crippen molar-refractivity contribution in [3.63, 3.8) is 0 Å². The van der Waals surface area contributed by atoms with Gasteiger partial charge in [-0.05, 0) is 19.9 Å². The van der Waals surface area contributed by atoms with E-state index >= 15 is 0 Å². The molecule has 100 valence electrons. The maximum Gasteiger partial charge on any atom is 0.280 e. The highest BCUT2D eigenvalue weighted by Crippen LogP contribution is 2.21. The van der Waals surface area contributed by atoms with Gasteiger partial charge in [0, 0.05) is 12.5 Å². The van der Waals surface area contributed by atoms with Gasteiger partial charge in [0.1, 0.15) is 11.6 Å². The van der Waals surface area contributed by atoms with E-state index in [9.17, 15) is 24.5 Å². The van der Waals surface area contributed by atoms with Crippen LogP contribution in [0.2, 0.25) is 0 Å². The molecule has 0 aromatic heterocycles. The maximum atomic E-state index is 12.0. The summed E-state index contributed by atoms with van der Waals surface area (Å²) in [5.74, 6) is -2.45. The van der Waals surface area contributed by atoms with Crippen LogP contribution in [0.5, 0.6) is 0 Å². The molecule has 0 aliphatic heterocycles. The van der Waals surface area contributed by atoms with Crippen LogP contribution in [0.3, 0.4) is 0 Å². The van der Waals surface area contributed by atoms with Crippen molar-refractivity contribution in [2.45, 2.75) is 20.3 Å². The third kappa shape index (κ3) is 3.54. The largest absolute Gasteiger partial charge is 0.299 e. The first-order valence-electron chi connectivity index (χ1n) is 5.62. The molecule has 1 aromatic carbocycles. The van der Waals surface area contributed by atoms with E-state index in [4.69, 9.17) is 0 Å². The third-order valence-corrected chi connectivity index (χ3v) is 2.77. The van der Waals surface area contributed by atoms with Crippen LogP contribution >= 0.6 is 0 Å². The van der Waals surface area contributed by atoms with Gasteiger partial charge in [0.2, 0.25) is 0 Å². The second-order valence-electron chi connectivity index (χ2n) is 4.18. The van der Waals surface area contributed by atoms with Crippen molar-refractivity contribution in [1.82, 2.24) is 0 Å². The first-order valence-corrected chi connectivity index (χ1v) is 5.62. The van der Waals surface area contributed by atoms with Crippen LogP contribution in [-0.4, -0.2) is 22.3 Å². The number of rotatable bonds is 6. The zero-order valence-electron chi connectivity index (χ0n) is 10.6. The molecule has 0 radical (unpaired) electrons. The van der Waals surface area contributed by atoms with Crippen molar-refractivity contribution in [3.05, 3.63) is 39.9 Å². The van der Waals surface area contributed by atoms with E-state index in [0.717, 1.165) is 0 Å². The molecule has 6 nitrogen and oxygen atoms in total. The first kappa shape index (κ1) is 14.7. The van der Waals surface area contributed by atoms with Gasteiger partial charge in [0.25, 0.3) is 5.69 Å². The number of hydrogen-bond acceptors (Lipinski definition) is 5. The molecule has 0 N–H and O–H groups in total. The van der Waals surface area contributed by atoms with E-state index in [1.165, 1.54) is 38.1 Å². The second-order valence-corrected chi connectivity index (χ2v) is 4.18. The minimum atomic E-state index is -1.03. The predicted octanol–water partition coefficient (Wildman–Crippen LogP) is 1.96. The summed E-state index contributed by atoms with van der Waals surface area (Å²) in [5, 5.41) is 10.8. The van der Waals surface area contributed by atoms with E-state index in [2.05, 4.69) is 0 Å². The lowest BCUT2D eigenvalue weighted by Gasteiger charge is -2.09. The van der Waals surface area contributed by atoms with Gasteiger partial charge in [-0.25, -0.2) is 0 Å². The molecule has 0 atom stereocenters. The molecule has 0 unspecified atom stereocenters. The van der Waals surface area contributed by atoms with Gasteiger partial charge in [-0.2, -0.15) is 0 Å². The minimum absolute atomic E-state index is 0.0833. The molecule has 0 aliphatic carbocycles. The summed E-state index contributed by atoms with van der Waals surface area (Å²) >= 11 is 0. The topological polar surface area (TPSA) is 94.3 Å². The van der Waals surface area contributed by atoms with Crippen LogP contribution in [0.25, 0.3) is 0 Å². The average molecular weight is 263 g/mol. The molecule has 6 heteroatoms. The van der Waals surface area contributed by atoms with Crippen LogP contribution in [0.15, 0.2) is 24.3 Å². The van der Waals surface area contributed by atoms with Gasteiger partial charge in [0.15, 0.2) is 5.78 Å². The number of carbonyl (C=O) groups excluding carboxylic acids is 3. The standard InChI is InChI=1S/C13H13NO5/c1-8(15)11(9(2)16)7-13(17)10-5-3-4-6-12(10)14(18)19/h3-6,11H,7H2,1-2H3. The second kappa shape index (κ2) is 5.99. The van der Waals surface area contributed by atoms with E-state index < -0.39 is 28.2 Å². The molecule has 1 rings (SSSR count). The number of nitro benzene ring substituents is 1. The van der Waals surface area contributed by atoms with Crippen molar-refractivity contribution in [3.8, 4) is 0 Å². The summed E-state index contributed by atoms with van der Waals surface area (Å²) < 4.78 is 0. The number of benzene rings is 1. The molecule has 19 heavy (non-hydrogen) atoms. The molecule has 0 saturated heterocycles. The van der Waals surface area contributed by atoms with Gasteiger partial charge < -0.3 is 0 Å². The molecular formula is C13H13NO5.